The largest absolute Gasteiger partial charge is 0.460 e. The fourth-order valence-electron chi connectivity index (χ4n) is 2.42. The van der Waals surface area contributed by atoms with Crippen molar-refractivity contribution in [1.82, 2.24) is 5.32 Å². The SMILES string of the molecule is C[C@@H](OC(C)(C)C)[C@H](NC(=O)[C@@H](N)CCC(=O)OC(C)(C)C)C(=O)OC(C)(C)C. The Kier molecular flexibility index (Phi) is 9.79. The molecule has 0 bridgehead atoms. The van der Waals surface area contributed by atoms with Gasteiger partial charge in [-0.1, -0.05) is 0 Å². The molecule has 0 radical (unpaired) electrons. The second kappa shape index (κ2) is 10.4. The zero-order valence-electron chi connectivity index (χ0n) is 19.7. The molecule has 0 heterocycles. The van der Waals surface area contributed by atoms with Crippen molar-refractivity contribution in [3.8, 4) is 0 Å². The zero-order valence-corrected chi connectivity index (χ0v) is 19.7. The Bertz CT molecular complexity index is 569. The Morgan fingerprint density at radius 2 is 1.34 bits per heavy atom. The number of esters is 2. The van der Waals surface area contributed by atoms with Crippen LogP contribution in [0.3, 0.4) is 0 Å². The lowest BCUT2D eigenvalue weighted by molar-refractivity contribution is -0.166. The smallest absolute Gasteiger partial charge is 0.331 e. The second-order valence-electron chi connectivity index (χ2n) is 10.2. The second-order valence-corrected chi connectivity index (χ2v) is 10.2. The van der Waals surface area contributed by atoms with Crippen LogP contribution < -0.4 is 11.1 Å². The topological polar surface area (TPSA) is 117 Å². The molecule has 170 valence electrons. The summed E-state index contributed by atoms with van der Waals surface area (Å²) in [4.78, 5) is 37.0. The number of nitrogens with one attached hydrogen (secondary N) is 1. The van der Waals surface area contributed by atoms with Crippen LogP contribution in [0, 0.1) is 0 Å². The van der Waals surface area contributed by atoms with E-state index in [1.807, 2.05) is 20.8 Å². The molecule has 0 aliphatic carbocycles. The Labute approximate surface area is 175 Å². The molecule has 0 aliphatic rings. The van der Waals surface area contributed by atoms with Crippen LogP contribution in [-0.4, -0.2) is 52.8 Å². The first-order valence-corrected chi connectivity index (χ1v) is 9.99. The highest BCUT2D eigenvalue weighted by atomic mass is 16.6. The van der Waals surface area contributed by atoms with Crippen molar-refractivity contribution < 1.29 is 28.6 Å². The summed E-state index contributed by atoms with van der Waals surface area (Å²) < 4.78 is 16.5. The van der Waals surface area contributed by atoms with E-state index in [4.69, 9.17) is 19.9 Å². The highest BCUT2D eigenvalue weighted by Crippen LogP contribution is 2.17. The van der Waals surface area contributed by atoms with Gasteiger partial charge in [-0.25, -0.2) is 4.79 Å². The van der Waals surface area contributed by atoms with Gasteiger partial charge in [-0.15, -0.1) is 0 Å². The average Bonchev–Trinajstić information content (AvgIpc) is 2.44. The summed E-state index contributed by atoms with van der Waals surface area (Å²) in [6.07, 6.45) is -0.556. The van der Waals surface area contributed by atoms with Crippen molar-refractivity contribution in [2.75, 3.05) is 0 Å². The number of carbonyl (C=O) groups is 3. The van der Waals surface area contributed by atoms with Gasteiger partial charge in [-0.05, 0) is 75.7 Å². The molecule has 0 saturated carbocycles. The first-order chi connectivity index (χ1) is 12.8. The summed E-state index contributed by atoms with van der Waals surface area (Å²) in [6.45, 7) is 17.8. The number of nitrogens with two attached hydrogens (primary N) is 1. The molecule has 0 unspecified atom stereocenters. The van der Waals surface area contributed by atoms with E-state index in [9.17, 15) is 14.4 Å². The van der Waals surface area contributed by atoms with Crippen LogP contribution >= 0.6 is 0 Å². The van der Waals surface area contributed by atoms with Crippen LogP contribution in [0.4, 0.5) is 0 Å². The van der Waals surface area contributed by atoms with Crippen LogP contribution in [0.1, 0.15) is 82.1 Å². The van der Waals surface area contributed by atoms with Crippen LogP contribution in [0.25, 0.3) is 0 Å². The maximum Gasteiger partial charge on any atom is 0.331 e. The van der Waals surface area contributed by atoms with Gasteiger partial charge in [0.05, 0.1) is 17.7 Å². The molecule has 3 atom stereocenters. The standard InChI is InChI=1S/C21H40N2O6/c1-13(27-19(2,3)4)16(18(26)29-21(8,9)10)23-17(25)14(22)11-12-15(24)28-20(5,6)7/h13-14,16H,11-12,22H2,1-10H3,(H,23,25)/t13-,14+,16+/m1/s1. The summed E-state index contributed by atoms with van der Waals surface area (Å²) in [5.74, 6) is -1.61. The van der Waals surface area contributed by atoms with Gasteiger partial charge in [0.1, 0.15) is 11.2 Å². The number of hydrogen-bond acceptors (Lipinski definition) is 7. The molecule has 8 nitrogen and oxygen atoms in total. The predicted octanol–water partition coefficient (Wildman–Crippen LogP) is 2.47. The quantitative estimate of drug-likeness (QED) is 0.584. The first kappa shape index (κ1) is 27.3. The lowest BCUT2D eigenvalue weighted by atomic mass is 10.1. The fraction of sp³-hybridized carbons (Fsp3) is 0.857. The molecule has 0 spiro atoms. The van der Waals surface area contributed by atoms with Crippen molar-refractivity contribution in [3.63, 3.8) is 0 Å². The van der Waals surface area contributed by atoms with Gasteiger partial charge < -0.3 is 25.3 Å². The summed E-state index contributed by atoms with van der Waals surface area (Å²) in [6, 6.07) is -2.01. The molecular formula is C21H40N2O6. The van der Waals surface area contributed by atoms with E-state index in [1.165, 1.54) is 0 Å². The van der Waals surface area contributed by atoms with Gasteiger partial charge >= 0.3 is 11.9 Å². The number of hydrogen-bond donors (Lipinski definition) is 2. The molecule has 3 N–H and O–H groups in total. The van der Waals surface area contributed by atoms with Gasteiger partial charge in [-0.3, -0.25) is 9.59 Å². The van der Waals surface area contributed by atoms with E-state index < -0.39 is 52.8 Å². The minimum absolute atomic E-state index is 0.00297. The van der Waals surface area contributed by atoms with E-state index in [1.54, 1.807) is 48.5 Å². The number of ether oxygens (including phenoxy) is 3. The third-order valence-electron chi connectivity index (χ3n) is 3.38. The van der Waals surface area contributed by atoms with Gasteiger partial charge in [0.2, 0.25) is 5.91 Å². The Morgan fingerprint density at radius 1 is 0.862 bits per heavy atom. The van der Waals surface area contributed by atoms with Crippen LogP contribution in [0.5, 0.6) is 0 Å². The monoisotopic (exact) mass is 416 g/mol. The van der Waals surface area contributed by atoms with E-state index in [0.29, 0.717) is 0 Å². The van der Waals surface area contributed by atoms with Crippen LogP contribution in [-0.2, 0) is 28.6 Å². The number of rotatable bonds is 8. The minimum Gasteiger partial charge on any atom is -0.460 e. The predicted molar refractivity (Wildman–Crippen MR) is 111 cm³/mol. The normalized spacial score (nSPS) is 15.8. The van der Waals surface area contributed by atoms with E-state index in [0.717, 1.165) is 0 Å². The van der Waals surface area contributed by atoms with Gasteiger partial charge in [0, 0.05) is 6.42 Å². The molecule has 0 rings (SSSR count). The van der Waals surface area contributed by atoms with E-state index in [2.05, 4.69) is 5.32 Å². The maximum absolute atomic E-state index is 12.6. The molecule has 0 fully saturated rings. The van der Waals surface area contributed by atoms with Crippen molar-refractivity contribution in [1.29, 1.82) is 0 Å². The molecule has 0 aromatic heterocycles. The third-order valence-corrected chi connectivity index (χ3v) is 3.38. The van der Waals surface area contributed by atoms with Gasteiger partial charge in [0.15, 0.2) is 6.04 Å². The van der Waals surface area contributed by atoms with Crippen molar-refractivity contribution in [3.05, 3.63) is 0 Å². The lowest BCUT2D eigenvalue weighted by Crippen LogP contribution is -2.55. The molecular weight excluding hydrogens is 376 g/mol. The number of carbonyl (C=O) groups excluding carboxylic acids is 3. The average molecular weight is 417 g/mol. The third kappa shape index (κ3) is 13.2. The molecule has 8 heteroatoms. The minimum atomic E-state index is -1.03. The Balaban J connectivity index is 5.09. The molecule has 0 saturated heterocycles. The Hall–Kier alpha value is -1.67. The molecule has 0 aliphatic heterocycles. The highest BCUT2D eigenvalue weighted by molar-refractivity contribution is 5.88. The molecule has 29 heavy (non-hydrogen) atoms. The van der Waals surface area contributed by atoms with Gasteiger partial charge in [-0.2, -0.15) is 0 Å². The van der Waals surface area contributed by atoms with Crippen LogP contribution in [0.15, 0.2) is 0 Å². The van der Waals surface area contributed by atoms with E-state index in [-0.39, 0.29) is 12.8 Å². The van der Waals surface area contributed by atoms with Gasteiger partial charge in [0.25, 0.3) is 0 Å². The summed E-state index contributed by atoms with van der Waals surface area (Å²) in [7, 11) is 0. The fourth-order valence-corrected chi connectivity index (χ4v) is 2.42. The summed E-state index contributed by atoms with van der Waals surface area (Å²) in [5, 5.41) is 2.62. The number of amides is 1. The molecule has 1 amide bonds. The summed E-state index contributed by atoms with van der Waals surface area (Å²) >= 11 is 0. The first-order valence-electron chi connectivity index (χ1n) is 9.99. The van der Waals surface area contributed by atoms with Crippen LogP contribution in [0.2, 0.25) is 0 Å². The summed E-state index contributed by atoms with van der Waals surface area (Å²) in [5.41, 5.74) is 4.07. The van der Waals surface area contributed by atoms with Crippen molar-refractivity contribution >= 4 is 17.8 Å². The highest BCUT2D eigenvalue weighted by Gasteiger charge is 2.35. The molecule has 0 aromatic rings. The van der Waals surface area contributed by atoms with E-state index >= 15 is 0 Å². The maximum atomic E-state index is 12.6. The van der Waals surface area contributed by atoms with Crippen molar-refractivity contribution in [2.24, 2.45) is 5.73 Å². The zero-order chi connectivity index (χ0) is 23.2. The Morgan fingerprint density at radius 3 is 1.76 bits per heavy atom. The van der Waals surface area contributed by atoms with Crippen molar-refractivity contribution in [2.45, 2.75) is 117 Å². The lowest BCUT2D eigenvalue weighted by Gasteiger charge is -2.32. The molecule has 0 aromatic carbocycles.